The van der Waals surface area contributed by atoms with Crippen molar-refractivity contribution in [1.82, 2.24) is 15.5 Å². The number of hydrogen-bond donors (Lipinski definition) is 2. The number of hydrogen-bond acceptors (Lipinski definition) is 5. The smallest absolute Gasteiger partial charge is 0.231 e. The van der Waals surface area contributed by atoms with Crippen LogP contribution in [0.15, 0.2) is 47.5 Å². The molecule has 2 unspecified atom stereocenters. The van der Waals surface area contributed by atoms with Gasteiger partial charge in [-0.2, -0.15) is 0 Å². The summed E-state index contributed by atoms with van der Waals surface area (Å²) in [5.74, 6) is 2.36. The maximum atomic E-state index is 5.87. The van der Waals surface area contributed by atoms with E-state index in [9.17, 15) is 0 Å². The number of fused-ring (bicyclic) bond motifs is 1. The van der Waals surface area contributed by atoms with Crippen molar-refractivity contribution in [2.24, 2.45) is 4.99 Å². The molecule has 4 rings (SSSR count). The molecule has 2 aromatic rings. The second-order valence-electron chi connectivity index (χ2n) is 8.19. The van der Waals surface area contributed by atoms with E-state index in [4.69, 9.17) is 14.2 Å². The molecule has 1 saturated heterocycles. The Morgan fingerprint density at radius 2 is 1.66 bits per heavy atom. The summed E-state index contributed by atoms with van der Waals surface area (Å²) in [6, 6.07) is 14.6. The van der Waals surface area contributed by atoms with Gasteiger partial charge in [0.2, 0.25) is 6.79 Å². The van der Waals surface area contributed by atoms with Crippen LogP contribution in [0.5, 0.6) is 11.5 Å². The standard InChI is InChI=1S/C24H32N4O3.HI/c1-17-13-28(14-18(2)31-17)15-21-7-5-4-6-20(21)12-27-24(25-3)26-11-19-8-9-22-23(10-19)30-16-29-22;/h4-10,17-18H,11-16H2,1-3H3,(H2,25,26,27);1H. The van der Waals surface area contributed by atoms with Crippen molar-refractivity contribution < 1.29 is 14.2 Å². The maximum Gasteiger partial charge on any atom is 0.231 e. The zero-order valence-corrected chi connectivity index (χ0v) is 21.3. The molecule has 0 aliphatic carbocycles. The van der Waals surface area contributed by atoms with Crippen molar-refractivity contribution in [1.29, 1.82) is 0 Å². The third-order valence-corrected chi connectivity index (χ3v) is 5.57. The highest BCUT2D eigenvalue weighted by Gasteiger charge is 2.22. The first-order chi connectivity index (χ1) is 15.1. The normalized spacial score (nSPS) is 20.5. The summed E-state index contributed by atoms with van der Waals surface area (Å²) in [6.07, 6.45) is 0.543. The molecule has 2 heterocycles. The van der Waals surface area contributed by atoms with E-state index in [0.29, 0.717) is 13.1 Å². The molecule has 2 atom stereocenters. The van der Waals surface area contributed by atoms with Gasteiger partial charge in [-0.25, -0.2) is 0 Å². The van der Waals surface area contributed by atoms with Crippen LogP contribution in [0, 0.1) is 0 Å². The van der Waals surface area contributed by atoms with Gasteiger partial charge in [0.05, 0.1) is 12.2 Å². The molecule has 0 aromatic heterocycles. The highest BCUT2D eigenvalue weighted by Crippen LogP contribution is 2.32. The molecule has 2 aliphatic rings. The highest BCUT2D eigenvalue weighted by atomic mass is 127. The van der Waals surface area contributed by atoms with E-state index in [1.807, 2.05) is 18.2 Å². The number of halogens is 1. The fraction of sp³-hybridized carbons (Fsp3) is 0.458. The quantitative estimate of drug-likeness (QED) is 0.325. The Morgan fingerprint density at radius 1 is 0.969 bits per heavy atom. The Kier molecular flexibility index (Phi) is 9.01. The molecule has 32 heavy (non-hydrogen) atoms. The number of nitrogens with zero attached hydrogens (tertiary/aromatic N) is 2. The number of ether oxygens (including phenoxy) is 3. The molecule has 0 radical (unpaired) electrons. The molecule has 8 heteroatoms. The predicted molar refractivity (Wildman–Crippen MR) is 137 cm³/mol. The Morgan fingerprint density at radius 3 is 2.41 bits per heavy atom. The zero-order chi connectivity index (χ0) is 21.6. The van der Waals surface area contributed by atoms with Gasteiger partial charge in [0, 0.05) is 39.8 Å². The Labute approximate surface area is 207 Å². The van der Waals surface area contributed by atoms with E-state index in [1.165, 1.54) is 11.1 Å². The minimum absolute atomic E-state index is 0. The van der Waals surface area contributed by atoms with Gasteiger partial charge in [-0.3, -0.25) is 9.89 Å². The molecule has 2 aromatic carbocycles. The molecule has 0 amide bonds. The first-order valence-electron chi connectivity index (χ1n) is 10.9. The van der Waals surface area contributed by atoms with Crippen LogP contribution in [-0.2, 0) is 24.4 Å². The van der Waals surface area contributed by atoms with Gasteiger partial charge in [0.25, 0.3) is 0 Å². The Bertz CT molecular complexity index is 914. The van der Waals surface area contributed by atoms with E-state index in [2.05, 4.69) is 58.6 Å². The van der Waals surface area contributed by atoms with Crippen LogP contribution in [0.2, 0.25) is 0 Å². The highest BCUT2D eigenvalue weighted by molar-refractivity contribution is 14.0. The lowest BCUT2D eigenvalue weighted by Gasteiger charge is -2.35. The number of nitrogens with one attached hydrogen (secondary N) is 2. The number of morpholine rings is 1. The van der Waals surface area contributed by atoms with Crippen LogP contribution < -0.4 is 20.1 Å². The largest absolute Gasteiger partial charge is 0.454 e. The first kappa shape index (κ1) is 24.6. The lowest BCUT2D eigenvalue weighted by molar-refractivity contribution is -0.0705. The molecule has 0 spiro atoms. The second kappa shape index (κ2) is 11.7. The summed E-state index contributed by atoms with van der Waals surface area (Å²) in [7, 11) is 1.79. The van der Waals surface area contributed by atoms with Gasteiger partial charge in [0.1, 0.15) is 0 Å². The van der Waals surface area contributed by atoms with Crippen LogP contribution in [0.4, 0.5) is 0 Å². The molecule has 2 N–H and O–H groups in total. The monoisotopic (exact) mass is 552 g/mol. The molecule has 2 aliphatic heterocycles. The van der Waals surface area contributed by atoms with E-state index in [-0.39, 0.29) is 43.0 Å². The van der Waals surface area contributed by atoms with Crippen molar-refractivity contribution in [3.05, 3.63) is 59.2 Å². The van der Waals surface area contributed by atoms with E-state index in [1.54, 1.807) is 7.05 Å². The molecule has 174 valence electrons. The summed E-state index contributed by atoms with van der Waals surface area (Å²) < 4.78 is 16.7. The molecule has 1 fully saturated rings. The number of benzene rings is 2. The SMILES string of the molecule is CN=C(NCc1ccc2c(c1)OCO2)NCc1ccccc1CN1CC(C)OC(C)C1.I. The third kappa shape index (κ3) is 6.49. The third-order valence-electron chi connectivity index (χ3n) is 5.57. The van der Waals surface area contributed by atoms with Crippen LogP contribution >= 0.6 is 24.0 Å². The van der Waals surface area contributed by atoms with Crippen LogP contribution in [0.25, 0.3) is 0 Å². The molecule has 7 nitrogen and oxygen atoms in total. The number of rotatable bonds is 6. The number of guanidine groups is 1. The topological polar surface area (TPSA) is 67.4 Å². The van der Waals surface area contributed by atoms with Gasteiger partial charge >= 0.3 is 0 Å². The lowest BCUT2D eigenvalue weighted by atomic mass is 10.1. The first-order valence-corrected chi connectivity index (χ1v) is 10.9. The summed E-state index contributed by atoms with van der Waals surface area (Å²) in [5.41, 5.74) is 3.73. The van der Waals surface area contributed by atoms with Crippen molar-refractivity contribution in [2.45, 2.75) is 45.7 Å². The van der Waals surface area contributed by atoms with Gasteiger partial charge in [-0.15, -0.1) is 24.0 Å². The van der Waals surface area contributed by atoms with Gasteiger partial charge in [0.15, 0.2) is 17.5 Å². The van der Waals surface area contributed by atoms with Crippen LogP contribution in [0.3, 0.4) is 0 Å². The summed E-state index contributed by atoms with van der Waals surface area (Å²) in [4.78, 5) is 6.84. The zero-order valence-electron chi connectivity index (χ0n) is 19.0. The average molecular weight is 552 g/mol. The Hall–Kier alpha value is -2.04. The van der Waals surface area contributed by atoms with E-state index < -0.39 is 0 Å². The molecule has 0 saturated carbocycles. The van der Waals surface area contributed by atoms with Crippen LogP contribution in [0.1, 0.15) is 30.5 Å². The van der Waals surface area contributed by atoms with Gasteiger partial charge in [-0.05, 0) is 42.7 Å². The second-order valence-corrected chi connectivity index (χ2v) is 8.19. The molecular weight excluding hydrogens is 519 g/mol. The number of aliphatic imine (C=N–C) groups is 1. The van der Waals surface area contributed by atoms with Crippen molar-refractivity contribution >= 4 is 29.9 Å². The van der Waals surface area contributed by atoms with Crippen molar-refractivity contribution in [3.63, 3.8) is 0 Å². The van der Waals surface area contributed by atoms with Gasteiger partial charge < -0.3 is 24.8 Å². The molecular formula is C24H33IN4O3. The van der Waals surface area contributed by atoms with Crippen molar-refractivity contribution in [3.8, 4) is 11.5 Å². The Balaban J connectivity index is 0.00000289. The van der Waals surface area contributed by atoms with Crippen LogP contribution in [-0.4, -0.2) is 50.0 Å². The minimum Gasteiger partial charge on any atom is -0.454 e. The van der Waals surface area contributed by atoms with E-state index >= 15 is 0 Å². The predicted octanol–water partition coefficient (Wildman–Crippen LogP) is 3.51. The minimum atomic E-state index is 0. The summed E-state index contributed by atoms with van der Waals surface area (Å²) >= 11 is 0. The summed E-state index contributed by atoms with van der Waals surface area (Å²) in [5, 5.41) is 6.82. The van der Waals surface area contributed by atoms with Gasteiger partial charge in [-0.1, -0.05) is 30.3 Å². The fourth-order valence-electron chi connectivity index (χ4n) is 4.17. The lowest BCUT2D eigenvalue weighted by Crippen LogP contribution is -2.45. The van der Waals surface area contributed by atoms with Crippen molar-refractivity contribution in [2.75, 3.05) is 26.9 Å². The maximum absolute atomic E-state index is 5.87. The fourth-order valence-corrected chi connectivity index (χ4v) is 4.17. The summed E-state index contributed by atoms with van der Waals surface area (Å²) in [6.45, 7) is 8.80. The van der Waals surface area contributed by atoms with E-state index in [0.717, 1.165) is 42.7 Å². The molecule has 0 bridgehead atoms. The average Bonchev–Trinajstić information content (AvgIpc) is 3.22.